The van der Waals surface area contributed by atoms with E-state index in [1.807, 2.05) is 4.90 Å². The normalized spacial score (nSPS) is 25.6. The van der Waals surface area contributed by atoms with E-state index in [4.69, 9.17) is 5.26 Å². The van der Waals surface area contributed by atoms with Crippen molar-refractivity contribution in [2.75, 3.05) is 13.1 Å². The summed E-state index contributed by atoms with van der Waals surface area (Å²) in [5, 5.41) is 8.80. The number of carbonyl (C=O) groups is 1. The van der Waals surface area contributed by atoms with E-state index in [9.17, 15) is 4.79 Å². The van der Waals surface area contributed by atoms with Gasteiger partial charge < -0.3 is 4.90 Å². The Bertz CT molecular complexity index is 529. The average Bonchev–Trinajstić information content (AvgIpc) is 2.54. The molecular formula is C17H20N2O. The van der Waals surface area contributed by atoms with Gasteiger partial charge in [-0.25, -0.2) is 0 Å². The van der Waals surface area contributed by atoms with Crippen LogP contribution in [-0.2, 0) is 0 Å². The first-order chi connectivity index (χ1) is 9.78. The molecule has 1 aromatic rings. The first kappa shape index (κ1) is 13.2. The van der Waals surface area contributed by atoms with Gasteiger partial charge in [-0.3, -0.25) is 4.79 Å². The van der Waals surface area contributed by atoms with E-state index in [0.717, 1.165) is 25.4 Å². The van der Waals surface area contributed by atoms with Crippen LogP contribution in [0.4, 0.5) is 0 Å². The summed E-state index contributed by atoms with van der Waals surface area (Å²) in [6.45, 7) is 1.81. The van der Waals surface area contributed by atoms with Crippen molar-refractivity contribution < 1.29 is 4.79 Å². The topological polar surface area (TPSA) is 44.1 Å². The Morgan fingerprint density at radius 3 is 2.50 bits per heavy atom. The maximum absolute atomic E-state index is 12.5. The van der Waals surface area contributed by atoms with Crippen molar-refractivity contribution in [1.82, 2.24) is 4.90 Å². The fourth-order valence-electron chi connectivity index (χ4n) is 3.66. The van der Waals surface area contributed by atoms with Gasteiger partial charge in [0.2, 0.25) is 0 Å². The molecule has 3 rings (SSSR count). The van der Waals surface area contributed by atoms with Crippen molar-refractivity contribution in [3.05, 3.63) is 35.4 Å². The van der Waals surface area contributed by atoms with Gasteiger partial charge in [0, 0.05) is 18.7 Å². The summed E-state index contributed by atoms with van der Waals surface area (Å²) >= 11 is 0. The minimum absolute atomic E-state index is 0.124. The molecule has 20 heavy (non-hydrogen) atoms. The zero-order chi connectivity index (χ0) is 13.9. The van der Waals surface area contributed by atoms with Gasteiger partial charge in [0.25, 0.3) is 5.91 Å². The van der Waals surface area contributed by atoms with Gasteiger partial charge in [-0.1, -0.05) is 19.3 Å². The number of rotatable bonds is 1. The highest BCUT2D eigenvalue weighted by atomic mass is 16.2. The smallest absolute Gasteiger partial charge is 0.253 e. The lowest BCUT2D eigenvalue weighted by molar-refractivity contribution is 0.0521. The molecule has 0 spiro atoms. The summed E-state index contributed by atoms with van der Waals surface area (Å²) in [6, 6.07) is 9.07. The van der Waals surface area contributed by atoms with Crippen molar-refractivity contribution in [3.8, 4) is 6.07 Å². The van der Waals surface area contributed by atoms with Crippen LogP contribution in [-0.4, -0.2) is 23.9 Å². The van der Waals surface area contributed by atoms with Gasteiger partial charge >= 0.3 is 0 Å². The summed E-state index contributed by atoms with van der Waals surface area (Å²) in [5.41, 5.74) is 1.31. The zero-order valence-electron chi connectivity index (χ0n) is 11.7. The van der Waals surface area contributed by atoms with E-state index in [2.05, 4.69) is 6.07 Å². The summed E-state index contributed by atoms with van der Waals surface area (Å²) < 4.78 is 0. The number of nitriles is 1. The molecule has 2 fully saturated rings. The quantitative estimate of drug-likeness (QED) is 0.785. The van der Waals surface area contributed by atoms with Gasteiger partial charge in [-0.2, -0.15) is 5.26 Å². The van der Waals surface area contributed by atoms with Crippen LogP contribution in [0.1, 0.15) is 48.0 Å². The number of hydrogen-bond acceptors (Lipinski definition) is 2. The monoisotopic (exact) mass is 268 g/mol. The van der Waals surface area contributed by atoms with Crippen LogP contribution in [0.5, 0.6) is 0 Å². The van der Waals surface area contributed by atoms with Crippen LogP contribution >= 0.6 is 0 Å². The molecule has 1 aliphatic heterocycles. The minimum atomic E-state index is 0.124. The van der Waals surface area contributed by atoms with Crippen LogP contribution in [0, 0.1) is 23.2 Å². The van der Waals surface area contributed by atoms with Gasteiger partial charge in [0.15, 0.2) is 0 Å². The van der Waals surface area contributed by atoms with E-state index >= 15 is 0 Å². The highest BCUT2D eigenvalue weighted by Crippen LogP contribution is 2.36. The summed E-state index contributed by atoms with van der Waals surface area (Å²) in [5.74, 6) is 1.67. The molecule has 2 atom stereocenters. The lowest BCUT2D eigenvalue weighted by Gasteiger charge is -2.41. The van der Waals surface area contributed by atoms with Crippen molar-refractivity contribution in [3.63, 3.8) is 0 Å². The Balaban J connectivity index is 1.69. The third-order valence-corrected chi connectivity index (χ3v) is 4.84. The van der Waals surface area contributed by atoms with Gasteiger partial charge in [-0.15, -0.1) is 0 Å². The largest absolute Gasteiger partial charge is 0.338 e. The van der Waals surface area contributed by atoms with Crippen LogP contribution in [0.2, 0.25) is 0 Å². The number of fused-ring (bicyclic) bond motifs is 1. The fourth-order valence-corrected chi connectivity index (χ4v) is 3.66. The molecule has 0 radical (unpaired) electrons. The second-order valence-corrected chi connectivity index (χ2v) is 6.03. The molecule has 0 unspecified atom stereocenters. The van der Waals surface area contributed by atoms with Gasteiger partial charge in [0.05, 0.1) is 11.6 Å². The standard InChI is InChI=1S/C17H20N2O/c18-11-13-5-7-15(8-6-13)17(20)19-10-9-14-3-1-2-4-16(14)12-19/h5-8,14,16H,1-4,9-10,12H2/t14-,16+/m0/s1. The van der Waals surface area contributed by atoms with Crippen molar-refractivity contribution in [1.29, 1.82) is 5.26 Å². The van der Waals surface area contributed by atoms with Crippen LogP contribution in [0.15, 0.2) is 24.3 Å². The molecule has 104 valence electrons. The molecule has 1 heterocycles. The number of nitrogens with zero attached hydrogens (tertiary/aromatic N) is 2. The van der Waals surface area contributed by atoms with Crippen LogP contribution < -0.4 is 0 Å². The fraction of sp³-hybridized carbons (Fsp3) is 0.529. The van der Waals surface area contributed by atoms with Gasteiger partial charge in [0.1, 0.15) is 0 Å². The first-order valence-electron chi connectivity index (χ1n) is 7.57. The maximum Gasteiger partial charge on any atom is 0.253 e. The minimum Gasteiger partial charge on any atom is -0.338 e. The van der Waals surface area contributed by atoms with Crippen LogP contribution in [0.25, 0.3) is 0 Å². The molecule has 3 heteroatoms. The van der Waals surface area contributed by atoms with E-state index in [-0.39, 0.29) is 5.91 Å². The number of piperidine rings is 1. The van der Waals surface area contributed by atoms with Crippen molar-refractivity contribution in [2.45, 2.75) is 32.1 Å². The Hall–Kier alpha value is -1.82. The Kier molecular flexibility index (Phi) is 3.73. The van der Waals surface area contributed by atoms with Crippen LogP contribution in [0.3, 0.4) is 0 Å². The number of amides is 1. The highest BCUT2D eigenvalue weighted by Gasteiger charge is 2.33. The highest BCUT2D eigenvalue weighted by molar-refractivity contribution is 5.94. The predicted molar refractivity (Wildman–Crippen MR) is 77.1 cm³/mol. The Morgan fingerprint density at radius 2 is 1.80 bits per heavy atom. The molecule has 0 aromatic heterocycles. The van der Waals surface area contributed by atoms with Gasteiger partial charge in [-0.05, 0) is 48.9 Å². The lowest BCUT2D eigenvalue weighted by Crippen LogP contribution is -2.44. The van der Waals surface area contributed by atoms with Crippen molar-refractivity contribution in [2.24, 2.45) is 11.8 Å². The molecule has 1 aliphatic carbocycles. The molecule has 1 saturated carbocycles. The first-order valence-corrected chi connectivity index (χ1v) is 7.57. The molecule has 1 saturated heterocycles. The summed E-state index contributed by atoms with van der Waals surface area (Å²) in [7, 11) is 0. The number of hydrogen-bond donors (Lipinski definition) is 0. The second-order valence-electron chi connectivity index (χ2n) is 6.03. The van der Waals surface area contributed by atoms with E-state index < -0.39 is 0 Å². The predicted octanol–water partition coefficient (Wildman–Crippen LogP) is 3.21. The summed E-state index contributed by atoms with van der Waals surface area (Å²) in [4.78, 5) is 14.5. The van der Waals surface area contributed by atoms with E-state index in [0.29, 0.717) is 17.0 Å². The molecule has 2 aliphatic rings. The molecule has 0 bridgehead atoms. The van der Waals surface area contributed by atoms with E-state index in [1.54, 1.807) is 24.3 Å². The second kappa shape index (κ2) is 5.66. The lowest BCUT2D eigenvalue weighted by atomic mass is 9.75. The Labute approximate surface area is 120 Å². The molecule has 3 nitrogen and oxygen atoms in total. The molecule has 1 aromatic carbocycles. The number of likely N-dealkylation sites (tertiary alicyclic amines) is 1. The van der Waals surface area contributed by atoms with Crippen molar-refractivity contribution >= 4 is 5.91 Å². The zero-order valence-corrected chi connectivity index (χ0v) is 11.7. The third kappa shape index (κ3) is 2.56. The molecule has 1 amide bonds. The number of carbonyl (C=O) groups excluding carboxylic acids is 1. The van der Waals surface area contributed by atoms with E-state index in [1.165, 1.54) is 25.7 Å². The Morgan fingerprint density at radius 1 is 1.10 bits per heavy atom. The molecule has 0 N–H and O–H groups in total. The third-order valence-electron chi connectivity index (χ3n) is 4.84. The maximum atomic E-state index is 12.5. The summed E-state index contributed by atoms with van der Waals surface area (Å²) in [6.07, 6.45) is 6.48. The number of benzene rings is 1. The molecular weight excluding hydrogens is 248 g/mol. The average molecular weight is 268 g/mol. The SMILES string of the molecule is N#Cc1ccc(C(=O)N2CC[C@@H]3CCCC[C@@H]3C2)cc1.